The van der Waals surface area contributed by atoms with Crippen molar-refractivity contribution in [1.82, 2.24) is 0 Å². The van der Waals surface area contributed by atoms with E-state index >= 15 is 0 Å². The maximum atomic E-state index is 12.4. The molecule has 0 saturated carbocycles. The van der Waals surface area contributed by atoms with Gasteiger partial charge < -0.3 is 19.3 Å². The van der Waals surface area contributed by atoms with Crippen LogP contribution in [0.2, 0.25) is 0 Å². The SMILES string of the molecule is CC/C=C\C/C=C\C/C=C\C/C=C\C/C=C\CCCC(=O)OC(COC(=O)CCCCCCCC/C=C\C/C=C\C/C=C\CCCCC)COP(=O)(O)O. The molecule has 0 radical (unpaired) electrons. The summed E-state index contributed by atoms with van der Waals surface area (Å²) in [6, 6.07) is 0. The molecule has 8 nitrogen and oxygen atoms in total. The quantitative estimate of drug-likeness (QED) is 0.0280. The summed E-state index contributed by atoms with van der Waals surface area (Å²) in [5.41, 5.74) is 0. The Kier molecular flexibility index (Phi) is 37.4. The molecule has 0 aliphatic heterocycles. The van der Waals surface area contributed by atoms with E-state index in [0.717, 1.165) is 83.5 Å². The van der Waals surface area contributed by atoms with E-state index in [1.807, 2.05) is 12.2 Å². The van der Waals surface area contributed by atoms with Gasteiger partial charge in [-0.25, -0.2) is 4.57 Å². The lowest BCUT2D eigenvalue weighted by atomic mass is 10.1. The van der Waals surface area contributed by atoms with Gasteiger partial charge in [0, 0.05) is 12.8 Å². The molecule has 0 aliphatic carbocycles. The van der Waals surface area contributed by atoms with Gasteiger partial charge in [0.15, 0.2) is 6.10 Å². The number of hydrogen-bond acceptors (Lipinski definition) is 6. The van der Waals surface area contributed by atoms with Crippen molar-refractivity contribution in [3.8, 4) is 0 Å². The standard InChI is InChI=1S/C45H73O8P/c1-3-5-7-9-11-13-15-17-19-21-22-24-25-27-29-31-33-35-37-39-44(46)51-41-43(42-52-54(48,49)50)53-45(47)40-38-36-34-32-30-28-26-23-20-18-16-14-12-10-8-6-4-2/h6,8,11-14,17-20,22,24,26,28,32,34,43H,3-5,7,9-10,15-16,21,23,25,27,29-31,33,35-42H2,1-2H3,(H2,48,49,50)/b8-6-,13-11-,14-12-,19-17-,20-18-,24-22-,28-26-,34-32-. The summed E-state index contributed by atoms with van der Waals surface area (Å²) >= 11 is 0. The molecule has 0 aromatic rings. The molecular weight excluding hydrogens is 699 g/mol. The van der Waals surface area contributed by atoms with E-state index in [9.17, 15) is 14.2 Å². The van der Waals surface area contributed by atoms with E-state index < -0.39 is 32.5 Å². The summed E-state index contributed by atoms with van der Waals surface area (Å²) < 4.78 is 26.3. The second-order valence-electron chi connectivity index (χ2n) is 13.2. The first-order valence-electron chi connectivity index (χ1n) is 20.5. The number of carbonyl (C=O) groups is 2. The number of carbonyl (C=O) groups excluding carboxylic acids is 2. The van der Waals surface area contributed by atoms with Gasteiger partial charge in [-0.3, -0.25) is 14.1 Å². The molecule has 0 aliphatic rings. The highest BCUT2D eigenvalue weighted by Crippen LogP contribution is 2.36. The minimum atomic E-state index is -4.78. The van der Waals surface area contributed by atoms with Gasteiger partial charge in [-0.1, -0.05) is 150 Å². The van der Waals surface area contributed by atoms with Crippen molar-refractivity contribution < 1.29 is 37.9 Å². The Labute approximate surface area is 328 Å². The van der Waals surface area contributed by atoms with Crippen molar-refractivity contribution in [1.29, 1.82) is 0 Å². The number of hydrogen-bond donors (Lipinski definition) is 2. The monoisotopic (exact) mass is 773 g/mol. The third kappa shape index (κ3) is 41.7. The molecule has 0 rings (SSSR count). The topological polar surface area (TPSA) is 119 Å². The molecule has 2 N–H and O–H groups in total. The van der Waals surface area contributed by atoms with Crippen LogP contribution in [-0.2, 0) is 28.2 Å². The highest BCUT2D eigenvalue weighted by molar-refractivity contribution is 7.46. The van der Waals surface area contributed by atoms with E-state index in [4.69, 9.17) is 19.3 Å². The first-order chi connectivity index (χ1) is 26.3. The molecule has 0 fully saturated rings. The van der Waals surface area contributed by atoms with Crippen LogP contribution in [0.25, 0.3) is 0 Å². The fourth-order valence-corrected chi connectivity index (χ4v) is 5.42. The van der Waals surface area contributed by atoms with Crippen LogP contribution in [0.5, 0.6) is 0 Å². The number of phosphoric ester groups is 1. The van der Waals surface area contributed by atoms with Crippen molar-refractivity contribution in [3.63, 3.8) is 0 Å². The summed E-state index contributed by atoms with van der Waals surface area (Å²) in [6.45, 7) is 3.47. The summed E-state index contributed by atoms with van der Waals surface area (Å²) in [4.78, 5) is 42.8. The van der Waals surface area contributed by atoms with Gasteiger partial charge in [-0.05, 0) is 89.9 Å². The van der Waals surface area contributed by atoms with E-state index in [-0.39, 0.29) is 19.4 Å². The van der Waals surface area contributed by atoms with Gasteiger partial charge in [0.25, 0.3) is 0 Å². The Hall–Kier alpha value is -3.03. The maximum Gasteiger partial charge on any atom is 0.469 e. The molecule has 0 bridgehead atoms. The Balaban J connectivity index is 4.07. The first kappa shape index (κ1) is 51.0. The molecule has 0 spiro atoms. The van der Waals surface area contributed by atoms with E-state index in [0.29, 0.717) is 19.3 Å². The highest BCUT2D eigenvalue weighted by Gasteiger charge is 2.22. The number of phosphoric acid groups is 1. The lowest BCUT2D eigenvalue weighted by Gasteiger charge is -2.18. The zero-order chi connectivity index (χ0) is 39.6. The molecule has 0 amide bonds. The smallest absolute Gasteiger partial charge is 0.462 e. The average molecular weight is 773 g/mol. The molecule has 54 heavy (non-hydrogen) atoms. The van der Waals surface area contributed by atoms with E-state index in [1.54, 1.807) is 0 Å². The average Bonchev–Trinajstić information content (AvgIpc) is 3.14. The molecule has 0 saturated heterocycles. The molecular formula is C45H73O8P. The van der Waals surface area contributed by atoms with Crippen LogP contribution in [0, 0.1) is 0 Å². The lowest BCUT2D eigenvalue weighted by Crippen LogP contribution is -2.29. The van der Waals surface area contributed by atoms with Crippen LogP contribution in [0.1, 0.15) is 155 Å². The summed E-state index contributed by atoms with van der Waals surface area (Å²) in [5, 5.41) is 0. The fraction of sp³-hybridized carbons (Fsp3) is 0.600. The van der Waals surface area contributed by atoms with Crippen LogP contribution in [0.4, 0.5) is 0 Å². The number of rotatable bonds is 36. The zero-order valence-electron chi connectivity index (χ0n) is 33.6. The third-order valence-electron chi connectivity index (χ3n) is 8.09. The van der Waals surface area contributed by atoms with Crippen molar-refractivity contribution >= 4 is 19.8 Å². The summed E-state index contributed by atoms with van der Waals surface area (Å²) in [7, 11) is -4.78. The van der Waals surface area contributed by atoms with Crippen LogP contribution in [0.3, 0.4) is 0 Å². The number of unbranched alkanes of at least 4 members (excludes halogenated alkanes) is 10. The molecule has 0 aromatic carbocycles. The Morgan fingerprint density at radius 2 is 0.907 bits per heavy atom. The first-order valence-corrected chi connectivity index (χ1v) is 22.1. The fourth-order valence-electron chi connectivity index (χ4n) is 5.06. The Bertz CT molecular complexity index is 1190. The molecule has 1 atom stereocenters. The van der Waals surface area contributed by atoms with Gasteiger partial charge in [-0.2, -0.15) is 0 Å². The molecule has 0 aromatic heterocycles. The van der Waals surface area contributed by atoms with E-state index in [2.05, 4.69) is 103 Å². The van der Waals surface area contributed by atoms with Crippen molar-refractivity contribution in [2.75, 3.05) is 13.2 Å². The van der Waals surface area contributed by atoms with Crippen molar-refractivity contribution in [2.24, 2.45) is 0 Å². The van der Waals surface area contributed by atoms with Crippen molar-refractivity contribution in [2.45, 2.75) is 161 Å². The van der Waals surface area contributed by atoms with Gasteiger partial charge >= 0.3 is 19.8 Å². The van der Waals surface area contributed by atoms with Gasteiger partial charge in [0.05, 0.1) is 6.61 Å². The van der Waals surface area contributed by atoms with E-state index in [1.165, 1.54) is 25.7 Å². The van der Waals surface area contributed by atoms with Gasteiger partial charge in [0.1, 0.15) is 6.61 Å². The van der Waals surface area contributed by atoms with Crippen molar-refractivity contribution in [3.05, 3.63) is 97.2 Å². The predicted octanol–water partition coefficient (Wildman–Crippen LogP) is 12.6. The molecule has 0 heterocycles. The third-order valence-corrected chi connectivity index (χ3v) is 8.57. The second kappa shape index (κ2) is 39.7. The predicted molar refractivity (Wildman–Crippen MR) is 225 cm³/mol. The van der Waals surface area contributed by atoms with Crippen LogP contribution in [-0.4, -0.2) is 41.0 Å². The van der Waals surface area contributed by atoms with Crippen LogP contribution >= 0.6 is 7.82 Å². The maximum absolute atomic E-state index is 12.4. The Morgan fingerprint density at radius 1 is 0.500 bits per heavy atom. The molecule has 1 unspecified atom stereocenters. The number of esters is 2. The minimum Gasteiger partial charge on any atom is -0.462 e. The van der Waals surface area contributed by atoms with Gasteiger partial charge in [-0.15, -0.1) is 0 Å². The van der Waals surface area contributed by atoms with Crippen LogP contribution < -0.4 is 0 Å². The van der Waals surface area contributed by atoms with Crippen LogP contribution in [0.15, 0.2) is 97.2 Å². The highest BCUT2D eigenvalue weighted by atomic mass is 31.2. The Morgan fingerprint density at radius 3 is 1.39 bits per heavy atom. The lowest BCUT2D eigenvalue weighted by molar-refractivity contribution is -0.161. The molecule has 306 valence electrons. The second-order valence-corrected chi connectivity index (χ2v) is 14.5. The number of ether oxygens (including phenoxy) is 2. The zero-order valence-corrected chi connectivity index (χ0v) is 34.5. The molecule has 9 heteroatoms. The normalized spacial score (nSPS) is 13.5. The largest absolute Gasteiger partial charge is 0.469 e. The number of allylic oxidation sites excluding steroid dienone is 16. The van der Waals surface area contributed by atoms with Gasteiger partial charge in [0.2, 0.25) is 0 Å². The summed E-state index contributed by atoms with van der Waals surface area (Å²) in [5.74, 6) is -0.977. The summed E-state index contributed by atoms with van der Waals surface area (Å²) in [6.07, 6.45) is 54.1. The minimum absolute atomic E-state index is 0.125.